The normalized spacial score (nSPS) is 16.4. The highest BCUT2D eigenvalue weighted by Crippen LogP contribution is 2.36. The Bertz CT molecular complexity index is 1160. The van der Waals surface area contributed by atoms with Crippen LogP contribution < -0.4 is 24.3 Å². The van der Waals surface area contributed by atoms with Gasteiger partial charge in [-0.3, -0.25) is 5.32 Å². The van der Waals surface area contributed by atoms with E-state index in [9.17, 15) is 0 Å². The van der Waals surface area contributed by atoms with Crippen LogP contribution in [0.3, 0.4) is 0 Å². The van der Waals surface area contributed by atoms with Crippen molar-refractivity contribution < 1.29 is 33.7 Å². The second-order valence-electron chi connectivity index (χ2n) is 8.06. The number of fused-ring (bicyclic) bond motifs is 1. The first kappa shape index (κ1) is 28.1. The van der Waals surface area contributed by atoms with Crippen LogP contribution in [0.5, 0.6) is 23.0 Å². The van der Waals surface area contributed by atoms with Gasteiger partial charge in [-0.25, -0.2) is 0 Å². The summed E-state index contributed by atoms with van der Waals surface area (Å²) in [5.74, 6) is 2.67. The van der Waals surface area contributed by atoms with E-state index in [2.05, 4.69) is 11.4 Å². The fraction of sp³-hybridized carbons (Fsp3) is 0.333. The molecule has 1 atom stereocenters. The molecule has 0 aromatic heterocycles. The third kappa shape index (κ3) is 7.04. The molecule has 0 bridgehead atoms. The number of hydrogen-bond donors (Lipinski definition) is 1. The Kier molecular flexibility index (Phi) is 10.8. The molecule has 0 radical (unpaired) electrons. The highest BCUT2D eigenvalue weighted by atomic mass is 16.5. The molecule has 0 fully saturated rings. The molecule has 0 aliphatic carbocycles. The minimum Gasteiger partial charge on any atom is -0.493 e. The number of rotatable bonds is 8. The third-order valence-corrected chi connectivity index (χ3v) is 5.93. The van der Waals surface area contributed by atoms with Gasteiger partial charge in [0.1, 0.15) is 18.9 Å². The maximum atomic E-state index is 6.05. The van der Waals surface area contributed by atoms with Crippen molar-refractivity contribution in [2.45, 2.75) is 33.3 Å². The zero-order valence-corrected chi connectivity index (χ0v) is 22.6. The zero-order valence-electron chi connectivity index (χ0n) is 22.6. The van der Waals surface area contributed by atoms with Crippen molar-refractivity contribution in [1.82, 2.24) is 0 Å². The lowest BCUT2D eigenvalue weighted by atomic mass is 10.0. The molecule has 0 saturated heterocycles. The van der Waals surface area contributed by atoms with Crippen LogP contribution >= 0.6 is 0 Å². The lowest BCUT2D eigenvalue weighted by molar-refractivity contribution is -0.649. The van der Waals surface area contributed by atoms with Gasteiger partial charge in [0.25, 0.3) is 0 Å². The SMILES string of the molecule is CC.COc1cc(/C2=C/c3ccc(OC)c(OC)c3COCC(OC)[NH2+]2)ccc1OCc1ccccc1. The van der Waals surface area contributed by atoms with Crippen molar-refractivity contribution in [2.24, 2.45) is 0 Å². The van der Waals surface area contributed by atoms with Gasteiger partial charge < -0.3 is 28.4 Å². The third-order valence-electron chi connectivity index (χ3n) is 5.93. The minimum atomic E-state index is -0.219. The summed E-state index contributed by atoms with van der Waals surface area (Å²) in [6.45, 7) is 5.25. The van der Waals surface area contributed by atoms with Gasteiger partial charge in [0.2, 0.25) is 6.23 Å². The van der Waals surface area contributed by atoms with Gasteiger partial charge in [-0.05, 0) is 35.4 Å². The van der Waals surface area contributed by atoms with Crippen molar-refractivity contribution >= 4 is 11.8 Å². The predicted octanol–water partition coefficient (Wildman–Crippen LogP) is 4.88. The maximum Gasteiger partial charge on any atom is 0.218 e. The molecule has 1 aliphatic rings. The van der Waals surface area contributed by atoms with Crippen LogP contribution in [0.15, 0.2) is 60.7 Å². The van der Waals surface area contributed by atoms with Gasteiger partial charge in [0, 0.05) is 24.3 Å². The molecule has 3 aromatic rings. The monoisotopic (exact) mass is 508 g/mol. The van der Waals surface area contributed by atoms with Crippen LogP contribution in [0, 0.1) is 0 Å². The van der Waals surface area contributed by atoms with Gasteiger partial charge in [0.05, 0.1) is 27.9 Å². The Balaban J connectivity index is 0.00000186. The summed E-state index contributed by atoms with van der Waals surface area (Å²) in [6, 6.07) is 19.9. The molecule has 0 spiro atoms. The molecular weight excluding hydrogens is 470 g/mol. The van der Waals surface area contributed by atoms with Crippen LogP contribution in [0.25, 0.3) is 11.8 Å². The average molecular weight is 509 g/mol. The van der Waals surface area contributed by atoms with E-state index in [-0.39, 0.29) is 6.23 Å². The Labute approximate surface area is 219 Å². The van der Waals surface area contributed by atoms with Crippen LogP contribution in [-0.4, -0.2) is 41.3 Å². The van der Waals surface area contributed by atoms with Crippen LogP contribution in [0.1, 0.15) is 36.1 Å². The molecule has 0 amide bonds. The summed E-state index contributed by atoms with van der Waals surface area (Å²) in [7, 11) is 6.59. The summed E-state index contributed by atoms with van der Waals surface area (Å²) in [6.07, 6.45) is 1.89. The van der Waals surface area contributed by atoms with E-state index in [4.69, 9.17) is 28.4 Å². The van der Waals surface area contributed by atoms with E-state index < -0.39 is 0 Å². The lowest BCUT2D eigenvalue weighted by Gasteiger charge is -2.16. The molecule has 198 valence electrons. The minimum absolute atomic E-state index is 0.219. The maximum absolute atomic E-state index is 6.05. The smallest absolute Gasteiger partial charge is 0.218 e. The first-order chi connectivity index (χ1) is 18.2. The van der Waals surface area contributed by atoms with Crippen molar-refractivity contribution in [3.8, 4) is 23.0 Å². The van der Waals surface area contributed by atoms with Gasteiger partial charge in [0.15, 0.2) is 23.0 Å². The molecule has 4 rings (SSSR count). The van der Waals surface area contributed by atoms with E-state index in [1.54, 1.807) is 28.4 Å². The Morgan fingerprint density at radius 1 is 0.838 bits per heavy atom. The first-order valence-electron chi connectivity index (χ1n) is 12.4. The molecule has 7 nitrogen and oxygen atoms in total. The van der Waals surface area contributed by atoms with Gasteiger partial charge in [-0.15, -0.1) is 0 Å². The fourth-order valence-electron chi connectivity index (χ4n) is 4.05. The summed E-state index contributed by atoms with van der Waals surface area (Å²) < 4.78 is 34.5. The standard InChI is InChI=1S/C28H31NO6.C2H6/c1-30-25-13-10-20-14-23(29-27(32-3)18-34-17-22(20)28(25)33-4)21-11-12-24(26(15-21)31-2)35-16-19-8-6-5-7-9-19;1-2/h5-15,27,29H,16-18H2,1-4H3;1-2H3/p+1/b23-14-;. The molecular formula is C30H38NO6+. The van der Waals surface area contributed by atoms with E-state index in [1.165, 1.54) is 0 Å². The molecule has 1 aliphatic heterocycles. The summed E-state index contributed by atoms with van der Waals surface area (Å²) in [4.78, 5) is 0. The number of quaternary nitrogens is 1. The Hall–Kier alpha value is -3.52. The number of methoxy groups -OCH3 is 4. The lowest BCUT2D eigenvalue weighted by Crippen LogP contribution is -2.88. The zero-order chi connectivity index (χ0) is 26.6. The van der Waals surface area contributed by atoms with Crippen molar-refractivity contribution in [1.29, 1.82) is 0 Å². The summed E-state index contributed by atoms with van der Waals surface area (Å²) >= 11 is 0. The molecule has 0 saturated carbocycles. The van der Waals surface area contributed by atoms with E-state index in [0.717, 1.165) is 28.0 Å². The first-order valence-corrected chi connectivity index (χ1v) is 12.4. The Morgan fingerprint density at radius 3 is 2.24 bits per heavy atom. The number of hydrogen-bond acceptors (Lipinski definition) is 6. The number of nitrogens with two attached hydrogens (primary N) is 1. The number of ether oxygens (including phenoxy) is 6. The van der Waals surface area contributed by atoms with E-state index >= 15 is 0 Å². The van der Waals surface area contributed by atoms with E-state index in [1.807, 2.05) is 74.5 Å². The van der Waals surface area contributed by atoms with Crippen molar-refractivity contribution in [3.05, 3.63) is 82.9 Å². The van der Waals surface area contributed by atoms with Gasteiger partial charge >= 0.3 is 0 Å². The second-order valence-corrected chi connectivity index (χ2v) is 8.06. The predicted molar refractivity (Wildman–Crippen MR) is 145 cm³/mol. The van der Waals surface area contributed by atoms with E-state index in [0.29, 0.717) is 42.8 Å². The average Bonchev–Trinajstić information content (AvgIpc) is 3.05. The fourth-order valence-corrected chi connectivity index (χ4v) is 4.05. The van der Waals surface area contributed by atoms with Crippen molar-refractivity contribution in [3.63, 3.8) is 0 Å². The topological polar surface area (TPSA) is 72.0 Å². The molecule has 2 N–H and O–H groups in total. The summed E-state index contributed by atoms with van der Waals surface area (Å²) in [5, 5.41) is 2.06. The van der Waals surface area contributed by atoms with Crippen LogP contribution in [0.2, 0.25) is 0 Å². The molecule has 37 heavy (non-hydrogen) atoms. The molecule has 3 aromatic carbocycles. The molecule has 1 unspecified atom stereocenters. The summed E-state index contributed by atoms with van der Waals surface area (Å²) in [5.41, 5.74) is 4.94. The molecule has 1 heterocycles. The molecule has 7 heteroatoms. The quantitative estimate of drug-likeness (QED) is 0.468. The van der Waals surface area contributed by atoms with Crippen LogP contribution in [0.4, 0.5) is 0 Å². The largest absolute Gasteiger partial charge is 0.493 e. The highest BCUT2D eigenvalue weighted by molar-refractivity contribution is 5.79. The Morgan fingerprint density at radius 2 is 1.57 bits per heavy atom. The van der Waals surface area contributed by atoms with Gasteiger partial charge in [-0.1, -0.05) is 50.2 Å². The van der Waals surface area contributed by atoms with Crippen molar-refractivity contribution in [2.75, 3.05) is 35.0 Å². The van der Waals surface area contributed by atoms with Gasteiger partial charge in [-0.2, -0.15) is 0 Å². The second kappa shape index (κ2) is 14.3. The van der Waals surface area contributed by atoms with Crippen LogP contribution in [-0.2, 0) is 22.7 Å². The number of benzene rings is 3. The highest BCUT2D eigenvalue weighted by Gasteiger charge is 2.23.